The van der Waals surface area contributed by atoms with E-state index in [1.54, 1.807) is 6.07 Å². The molecule has 0 heterocycles. The van der Waals surface area contributed by atoms with Crippen LogP contribution in [0.15, 0.2) is 23.1 Å². The quantitative estimate of drug-likeness (QED) is 0.792. The van der Waals surface area contributed by atoms with Crippen molar-refractivity contribution in [3.8, 4) is 0 Å². The Kier molecular flexibility index (Phi) is 5.45. The van der Waals surface area contributed by atoms with Gasteiger partial charge in [-0.1, -0.05) is 33.8 Å². The van der Waals surface area contributed by atoms with Crippen molar-refractivity contribution >= 4 is 21.2 Å². The second-order valence-electron chi connectivity index (χ2n) is 6.02. The predicted molar refractivity (Wildman–Crippen MR) is 85.6 cm³/mol. The maximum atomic E-state index is 11.7. The Morgan fingerprint density at radius 2 is 1.70 bits per heavy atom. The Balaban J connectivity index is 2.95. The summed E-state index contributed by atoms with van der Waals surface area (Å²) < 4.78 is 23.3. The maximum absolute atomic E-state index is 11.7. The van der Waals surface area contributed by atoms with Crippen LogP contribution in [0.4, 0.5) is 11.4 Å². The number of sulfone groups is 1. The van der Waals surface area contributed by atoms with E-state index in [1.807, 2.05) is 6.07 Å². The van der Waals surface area contributed by atoms with E-state index in [0.29, 0.717) is 29.1 Å². The number of rotatable bonds is 6. The lowest BCUT2D eigenvalue weighted by atomic mass is 9.85. The van der Waals surface area contributed by atoms with Gasteiger partial charge >= 0.3 is 0 Å². The number of para-hydroxylation sites is 1. The van der Waals surface area contributed by atoms with Gasteiger partial charge in [0.05, 0.1) is 16.3 Å². The van der Waals surface area contributed by atoms with Crippen LogP contribution in [0, 0.1) is 17.8 Å². The standard InChI is InChI=1S/C15H26N2O2S/c1-10(2)12(11(3)4)9-17-13-7-6-8-14(15(13)16)20(5,18)19/h6-8,10-12,17H,9,16H2,1-5H3. The number of benzene rings is 1. The molecular formula is C15H26N2O2S. The molecule has 0 aromatic heterocycles. The minimum atomic E-state index is -3.29. The molecule has 20 heavy (non-hydrogen) atoms. The molecule has 3 N–H and O–H groups in total. The zero-order chi connectivity index (χ0) is 15.5. The van der Waals surface area contributed by atoms with E-state index < -0.39 is 9.84 Å². The lowest BCUT2D eigenvalue weighted by Gasteiger charge is -2.26. The number of nitrogens with one attached hydrogen (secondary N) is 1. The Morgan fingerprint density at radius 3 is 2.15 bits per heavy atom. The number of nitrogen functional groups attached to an aromatic ring is 1. The number of nitrogens with two attached hydrogens (primary N) is 1. The molecule has 1 aromatic carbocycles. The molecule has 0 aliphatic carbocycles. The number of anilines is 2. The van der Waals surface area contributed by atoms with Gasteiger partial charge in [0.1, 0.15) is 0 Å². The first kappa shape index (κ1) is 16.8. The van der Waals surface area contributed by atoms with Crippen LogP contribution in [0.3, 0.4) is 0 Å². The third-order valence-electron chi connectivity index (χ3n) is 3.71. The summed E-state index contributed by atoms with van der Waals surface area (Å²) in [6.07, 6.45) is 1.17. The van der Waals surface area contributed by atoms with E-state index in [2.05, 4.69) is 33.0 Å². The normalized spacial score (nSPS) is 12.4. The maximum Gasteiger partial charge on any atom is 0.177 e. The fourth-order valence-corrected chi connectivity index (χ4v) is 3.33. The molecule has 0 saturated heterocycles. The van der Waals surface area contributed by atoms with Crippen LogP contribution in [0.25, 0.3) is 0 Å². The van der Waals surface area contributed by atoms with Crippen LogP contribution in [-0.2, 0) is 9.84 Å². The summed E-state index contributed by atoms with van der Waals surface area (Å²) in [5.74, 6) is 1.62. The molecule has 0 saturated carbocycles. The van der Waals surface area contributed by atoms with Crippen LogP contribution >= 0.6 is 0 Å². The second kappa shape index (κ2) is 6.48. The smallest absolute Gasteiger partial charge is 0.177 e. The number of hydrogen-bond acceptors (Lipinski definition) is 4. The molecule has 0 aliphatic rings. The monoisotopic (exact) mass is 298 g/mol. The predicted octanol–water partition coefficient (Wildman–Crippen LogP) is 3.01. The Morgan fingerprint density at radius 1 is 1.15 bits per heavy atom. The SMILES string of the molecule is CC(C)C(CNc1cccc(S(C)(=O)=O)c1N)C(C)C. The molecular weight excluding hydrogens is 272 g/mol. The molecule has 5 heteroatoms. The summed E-state index contributed by atoms with van der Waals surface area (Å²) in [6, 6.07) is 5.08. The summed E-state index contributed by atoms with van der Waals surface area (Å²) in [5, 5.41) is 3.30. The van der Waals surface area contributed by atoms with Crippen LogP contribution < -0.4 is 11.1 Å². The van der Waals surface area contributed by atoms with Gasteiger partial charge in [-0.05, 0) is 29.9 Å². The van der Waals surface area contributed by atoms with Crippen molar-refractivity contribution in [1.29, 1.82) is 0 Å². The molecule has 0 bridgehead atoms. The lowest BCUT2D eigenvalue weighted by Crippen LogP contribution is -2.25. The minimum Gasteiger partial charge on any atom is -0.396 e. The van der Waals surface area contributed by atoms with Crippen molar-refractivity contribution in [2.75, 3.05) is 23.9 Å². The lowest BCUT2D eigenvalue weighted by molar-refractivity contribution is 0.304. The second-order valence-corrected chi connectivity index (χ2v) is 8.01. The molecule has 4 nitrogen and oxygen atoms in total. The highest BCUT2D eigenvalue weighted by atomic mass is 32.2. The molecule has 1 aromatic rings. The van der Waals surface area contributed by atoms with Gasteiger partial charge in [0.2, 0.25) is 0 Å². The van der Waals surface area contributed by atoms with E-state index in [9.17, 15) is 8.42 Å². The van der Waals surface area contributed by atoms with Crippen molar-refractivity contribution in [2.24, 2.45) is 17.8 Å². The van der Waals surface area contributed by atoms with Crippen LogP contribution in [-0.4, -0.2) is 21.2 Å². The van der Waals surface area contributed by atoms with E-state index in [0.717, 1.165) is 6.54 Å². The average molecular weight is 298 g/mol. The third kappa shape index (κ3) is 4.13. The highest BCUT2D eigenvalue weighted by Gasteiger charge is 2.19. The van der Waals surface area contributed by atoms with Crippen molar-refractivity contribution in [3.05, 3.63) is 18.2 Å². The van der Waals surface area contributed by atoms with Gasteiger partial charge in [0.15, 0.2) is 9.84 Å². The number of hydrogen-bond donors (Lipinski definition) is 2. The molecule has 0 radical (unpaired) electrons. The van der Waals surface area contributed by atoms with Crippen molar-refractivity contribution in [3.63, 3.8) is 0 Å². The minimum absolute atomic E-state index is 0.188. The van der Waals surface area contributed by atoms with Crippen molar-refractivity contribution in [1.82, 2.24) is 0 Å². The van der Waals surface area contributed by atoms with Crippen molar-refractivity contribution < 1.29 is 8.42 Å². The van der Waals surface area contributed by atoms with Gasteiger partial charge in [0.25, 0.3) is 0 Å². The zero-order valence-corrected chi connectivity index (χ0v) is 13.8. The van der Waals surface area contributed by atoms with Crippen LogP contribution in [0.1, 0.15) is 27.7 Å². The first-order valence-electron chi connectivity index (χ1n) is 6.97. The van der Waals surface area contributed by atoms with Crippen LogP contribution in [0.5, 0.6) is 0 Å². The van der Waals surface area contributed by atoms with Gasteiger partial charge in [-0.15, -0.1) is 0 Å². The zero-order valence-electron chi connectivity index (χ0n) is 13.0. The van der Waals surface area contributed by atoms with Gasteiger partial charge < -0.3 is 11.1 Å². The molecule has 0 atom stereocenters. The molecule has 0 aliphatic heterocycles. The molecule has 0 amide bonds. The summed E-state index contributed by atoms with van der Waals surface area (Å²) >= 11 is 0. The topological polar surface area (TPSA) is 72.2 Å². The summed E-state index contributed by atoms with van der Waals surface area (Å²) in [6.45, 7) is 9.57. The molecule has 0 fully saturated rings. The first-order valence-corrected chi connectivity index (χ1v) is 8.86. The van der Waals surface area contributed by atoms with Gasteiger partial charge in [-0.3, -0.25) is 0 Å². The fraction of sp³-hybridized carbons (Fsp3) is 0.600. The van der Waals surface area contributed by atoms with E-state index >= 15 is 0 Å². The van der Waals surface area contributed by atoms with Gasteiger partial charge in [-0.2, -0.15) is 0 Å². The largest absolute Gasteiger partial charge is 0.396 e. The van der Waals surface area contributed by atoms with Crippen LogP contribution in [0.2, 0.25) is 0 Å². The van der Waals surface area contributed by atoms with Crippen molar-refractivity contribution in [2.45, 2.75) is 32.6 Å². The molecule has 114 valence electrons. The Labute approximate surface area is 122 Å². The Bertz CT molecular complexity index is 543. The third-order valence-corrected chi connectivity index (χ3v) is 4.86. The molecule has 0 unspecified atom stereocenters. The summed E-state index contributed by atoms with van der Waals surface area (Å²) in [5.41, 5.74) is 6.97. The summed E-state index contributed by atoms with van der Waals surface area (Å²) in [7, 11) is -3.29. The Hall–Kier alpha value is -1.23. The summed E-state index contributed by atoms with van der Waals surface area (Å²) in [4.78, 5) is 0.188. The fourth-order valence-electron chi connectivity index (χ4n) is 2.49. The van der Waals surface area contributed by atoms with E-state index in [1.165, 1.54) is 12.3 Å². The van der Waals surface area contributed by atoms with E-state index in [-0.39, 0.29) is 4.90 Å². The highest BCUT2D eigenvalue weighted by molar-refractivity contribution is 7.90. The van der Waals surface area contributed by atoms with Gasteiger partial charge in [0, 0.05) is 12.8 Å². The molecule has 1 rings (SSSR count). The van der Waals surface area contributed by atoms with Gasteiger partial charge in [-0.25, -0.2) is 8.42 Å². The average Bonchev–Trinajstić information content (AvgIpc) is 2.28. The van der Waals surface area contributed by atoms with E-state index in [4.69, 9.17) is 5.73 Å². The molecule has 0 spiro atoms. The first-order chi connectivity index (χ1) is 9.14. The highest BCUT2D eigenvalue weighted by Crippen LogP contribution is 2.28.